The first-order valence-electron chi connectivity index (χ1n) is 15.5. The van der Waals surface area contributed by atoms with Gasteiger partial charge in [-0.2, -0.15) is 26.3 Å². The number of benzene rings is 2. The summed E-state index contributed by atoms with van der Waals surface area (Å²) in [6, 6.07) is 11.8. The zero-order valence-electron chi connectivity index (χ0n) is 25.1. The van der Waals surface area contributed by atoms with Crippen LogP contribution in [0, 0.1) is 5.41 Å². The van der Waals surface area contributed by atoms with E-state index in [1.807, 2.05) is 35.2 Å². The first kappa shape index (κ1) is 32.2. The van der Waals surface area contributed by atoms with E-state index in [0.29, 0.717) is 50.0 Å². The van der Waals surface area contributed by atoms with E-state index in [1.165, 1.54) is 17.4 Å². The number of rotatable bonds is 5. The maximum absolute atomic E-state index is 13.7. The Morgan fingerprint density at radius 1 is 0.804 bits per heavy atom. The van der Waals surface area contributed by atoms with Crippen LogP contribution in [0.5, 0.6) is 0 Å². The second-order valence-corrected chi connectivity index (χ2v) is 12.8. The summed E-state index contributed by atoms with van der Waals surface area (Å²) >= 11 is 0. The molecule has 2 atom stereocenters. The Labute approximate surface area is 262 Å². The molecular formula is C34H35F6N3O3. The van der Waals surface area contributed by atoms with Gasteiger partial charge in [-0.15, -0.1) is 0 Å². The molecule has 4 heterocycles. The van der Waals surface area contributed by atoms with Crippen molar-refractivity contribution in [2.45, 2.75) is 63.0 Å². The lowest BCUT2D eigenvalue weighted by Gasteiger charge is -2.44. The second kappa shape index (κ2) is 12.4. The van der Waals surface area contributed by atoms with E-state index in [-0.39, 0.29) is 30.0 Å². The van der Waals surface area contributed by atoms with Crippen molar-refractivity contribution in [3.8, 4) is 0 Å². The van der Waals surface area contributed by atoms with Crippen LogP contribution in [0.2, 0.25) is 0 Å². The lowest BCUT2D eigenvalue weighted by molar-refractivity contribution is -0.143. The van der Waals surface area contributed by atoms with Crippen LogP contribution in [0.15, 0.2) is 71.5 Å². The van der Waals surface area contributed by atoms with Crippen LogP contribution in [-0.2, 0) is 18.8 Å². The smallest absolute Gasteiger partial charge is 0.416 e. The van der Waals surface area contributed by atoms with E-state index in [2.05, 4.69) is 4.90 Å². The zero-order chi connectivity index (χ0) is 32.7. The van der Waals surface area contributed by atoms with Crippen LogP contribution in [0.4, 0.5) is 26.3 Å². The van der Waals surface area contributed by atoms with Crippen LogP contribution >= 0.6 is 0 Å². The number of carbonyl (C=O) groups excluding carboxylic acids is 2. The predicted octanol–water partition coefficient (Wildman–Crippen LogP) is 7.16. The van der Waals surface area contributed by atoms with E-state index in [9.17, 15) is 35.9 Å². The zero-order valence-corrected chi connectivity index (χ0v) is 25.1. The van der Waals surface area contributed by atoms with E-state index in [4.69, 9.17) is 4.42 Å². The summed E-state index contributed by atoms with van der Waals surface area (Å²) in [7, 11) is 0. The number of carbonyl (C=O) groups is 2. The third kappa shape index (κ3) is 6.82. The summed E-state index contributed by atoms with van der Waals surface area (Å²) in [5.74, 6) is -0.870. The normalized spacial score (nSPS) is 22.4. The third-order valence-corrected chi connectivity index (χ3v) is 9.96. The minimum absolute atomic E-state index is 0.0395. The minimum Gasteiger partial charge on any atom is -0.472 e. The van der Waals surface area contributed by atoms with E-state index >= 15 is 0 Å². The van der Waals surface area contributed by atoms with Gasteiger partial charge in [-0.1, -0.05) is 30.3 Å². The van der Waals surface area contributed by atoms with Crippen molar-refractivity contribution >= 4 is 11.8 Å². The van der Waals surface area contributed by atoms with Gasteiger partial charge in [-0.05, 0) is 80.3 Å². The lowest BCUT2D eigenvalue weighted by Crippen LogP contribution is -2.53. The van der Waals surface area contributed by atoms with Crippen molar-refractivity contribution < 1.29 is 40.3 Å². The molecular weight excluding hydrogens is 612 g/mol. The molecule has 3 aliphatic rings. The molecule has 3 fully saturated rings. The van der Waals surface area contributed by atoms with Crippen molar-refractivity contribution in [3.63, 3.8) is 0 Å². The van der Waals surface area contributed by atoms with Gasteiger partial charge in [0.15, 0.2) is 0 Å². The van der Waals surface area contributed by atoms with Gasteiger partial charge < -0.3 is 14.2 Å². The molecule has 0 bridgehead atoms. The summed E-state index contributed by atoms with van der Waals surface area (Å²) in [6.07, 6.45) is -2.89. The molecule has 0 aliphatic carbocycles. The Morgan fingerprint density at radius 3 is 2.07 bits per heavy atom. The second-order valence-electron chi connectivity index (χ2n) is 12.8. The molecule has 246 valence electrons. The summed E-state index contributed by atoms with van der Waals surface area (Å²) in [4.78, 5) is 32.3. The monoisotopic (exact) mass is 647 g/mol. The van der Waals surface area contributed by atoms with Crippen molar-refractivity contribution in [2.75, 3.05) is 32.7 Å². The largest absolute Gasteiger partial charge is 0.472 e. The average molecular weight is 648 g/mol. The Morgan fingerprint density at radius 2 is 1.46 bits per heavy atom. The number of hydrogen-bond donors (Lipinski definition) is 0. The molecule has 0 unspecified atom stereocenters. The summed E-state index contributed by atoms with van der Waals surface area (Å²) < 4.78 is 86.6. The molecule has 3 aliphatic heterocycles. The highest BCUT2D eigenvalue weighted by atomic mass is 19.4. The first-order valence-corrected chi connectivity index (χ1v) is 15.5. The number of alkyl halides is 6. The van der Waals surface area contributed by atoms with E-state index < -0.39 is 41.0 Å². The van der Waals surface area contributed by atoms with Crippen LogP contribution < -0.4 is 0 Å². The van der Waals surface area contributed by atoms with Crippen molar-refractivity contribution in [2.24, 2.45) is 5.41 Å². The van der Waals surface area contributed by atoms with Gasteiger partial charge >= 0.3 is 12.4 Å². The number of likely N-dealkylation sites (tertiary alicyclic amines) is 3. The van der Waals surface area contributed by atoms with Gasteiger partial charge in [-0.3, -0.25) is 14.5 Å². The minimum atomic E-state index is -5.04. The summed E-state index contributed by atoms with van der Waals surface area (Å²) in [5, 5.41) is 0. The molecule has 46 heavy (non-hydrogen) atoms. The van der Waals surface area contributed by atoms with E-state index in [1.54, 1.807) is 6.07 Å². The number of hydrogen-bond acceptors (Lipinski definition) is 4. The number of furan rings is 1. The van der Waals surface area contributed by atoms with Gasteiger partial charge in [0.2, 0.25) is 0 Å². The highest BCUT2D eigenvalue weighted by Crippen LogP contribution is 2.43. The van der Waals surface area contributed by atoms with Crippen LogP contribution in [-0.4, -0.2) is 71.3 Å². The molecule has 2 aromatic carbocycles. The van der Waals surface area contributed by atoms with E-state index in [0.717, 1.165) is 37.9 Å². The van der Waals surface area contributed by atoms with Gasteiger partial charge in [0.05, 0.1) is 23.0 Å². The fourth-order valence-corrected chi connectivity index (χ4v) is 7.40. The van der Waals surface area contributed by atoms with Crippen molar-refractivity contribution in [1.29, 1.82) is 0 Å². The van der Waals surface area contributed by atoms with Gasteiger partial charge in [0.25, 0.3) is 11.8 Å². The highest BCUT2D eigenvalue weighted by Gasteiger charge is 2.45. The molecule has 0 N–H and O–H groups in total. The number of piperidine rings is 2. The number of amides is 2. The van der Waals surface area contributed by atoms with Gasteiger partial charge in [-0.25, -0.2) is 0 Å². The first-order chi connectivity index (χ1) is 21.8. The number of halogens is 6. The molecule has 6 rings (SSSR count). The number of nitrogens with zero attached hydrogens (tertiary/aromatic N) is 3. The fraction of sp³-hybridized carbons (Fsp3) is 0.471. The van der Waals surface area contributed by atoms with Crippen molar-refractivity contribution in [1.82, 2.24) is 14.7 Å². The quantitative estimate of drug-likeness (QED) is 0.276. The standard InChI is InChI=1S/C34H35F6N3O3/c35-33(36,37)26-17-25(18-27(19-26)34(38,39)40)31(45)43-11-6-28(20-29(43)16-23-4-2-1-3-5-23)42-14-10-32(22-42)8-12-41(13-9-32)30(44)24-7-15-46-21-24/h1-5,7,15,17-19,21,28-29H,6,8-14,16,20,22H2/t28-,29-/m0/s1. The van der Waals surface area contributed by atoms with Crippen LogP contribution in [0.1, 0.15) is 69.5 Å². The summed E-state index contributed by atoms with van der Waals surface area (Å²) in [5.41, 5.74) is -2.08. The maximum atomic E-state index is 13.7. The summed E-state index contributed by atoms with van der Waals surface area (Å²) in [6.45, 7) is 3.22. The Bertz CT molecular complexity index is 1500. The van der Waals surface area contributed by atoms with Gasteiger partial charge in [0, 0.05) is 43.8 Å². The fourth-order valence-electron chi connectivity index (χ4n) is 7.40. The van der Waals surface area contributed by atoms with Crippen molar-refractivity contribution in [3.05, 3.63) is 94.9 Å². The van der Waals surface area contributed by atoms with Gasteiger partial charge in [0.1, 0.15) is 6.26 Å². The molecule has 3 aromatic rings. The average Bonchev–Trinajstić information content (AvgIpc) is 3.72. The molecule has 6 nitrogen and oxygen atoms in total. The molecule has 1 spiro atoms. The van der Waals surface area contributed by atoms with Crippen LogP contribution in [0.25, 0.3) is 0 Å². The SMILES string of the molecule is O=C(c1ccoc1)N1CCC2(CC1)CCN([C@H]1CCN(C(=O)c3cc(C(F)(F)F)cc(C(F)(F)F)c3)[C@@H](Cc3ccccc3)C1)C2. The third-order valence-electron chi connectivity index (χ3n) is 9.96. The van der Waals surface area contributed by atoms with Crippen LogP contribution in [0.3, 0.4) is 0 Å². The molecule has 0 saturated carbocycles. The molecule has 0 radical (unpaired) electrons. The maximum Gasteiger partial charge on any atom is 0.416 e. The Hall–Kier alpha value is -3.80. The molecule has 1 aromatic heterocycles. The Balaban J connectivity index is 1.18. The highest BCUT2D eigenvalue weighted by molar-refractivity contribution is 5.95. The predicted molar refractivity (Wildman–Crippen MR) is 157 cm³/mol. The lowest BCUT2D eigenvalue weighted by atomic mass is 9.77. The topological polar surface area (TPSA) is 57.0 Å². The Kier molecular flexibility index (Phi) is 8.69. The molecule has 3 saturated heterocycles. The molecule has 12 heteroatoms. The molecule has 2 amide bonds.